The summed E-state index contributed by atoms with van der Waals surface area (Å²) in [5.41, 5.74) is 1.61. The second kappa shape index (κ2) is 10.8. The van der Waals surface area contributed by atoms with Gasteiger partial charge in [0.25, 0.3) is 0 Å². The van der Waals surface area contributed by atoms with Gasteiger partial charge >= 0.3 is 0 Å². The predicted molar refractivity (Wildman–Crippen MR) is 104 cm³/mol. The van der Waals surface area contributed by atoms with Crippen molar-refractivity contribution in [3.63, 3.8) is 0 Å². The molecule has 3 unspecified atom stereocenters. The van der Waals surface area contributed by atoms with Crippen molar-refractivity contribution in [1.82, 2.24) is 0 Å². The zero-order chi connectivity index (χ0) is 18.9. The van der Waals surface area contributed by atoms with Gasteiger partial charge in [0.2, 0.25) is 0 Å². The molecule has 1 fully saturated rings. The van der Waals surface area contributed by atoms with Gasteiger partial charge in [-0.2, -0.15) is 0 Å². The number of rotatable bonds is 6. The summed E-state index contributed by atoms with van der Waals surface area (Å²) < 4.78 is 0. The van der Waals surface area contributed by atoms with Crippen molar-refractivity contribution >= 4 is 11.6 Å². The molecule has 0 amide bonds. The van der Waals surface area contributed by atoms with E-state index in [0.717, 1.165) is 19.3 Å². The van der Waals surface area contributed by atoms with E-state index >= 15 is 0 Å². The first-order valence-corrected chi connectivity index (χ1v) is 9.60. The zero-order valence-corrected chi connectivity index (χ0v) is 17.4. The third-order valence-electron chi connectivity index (χ3n) is 5.18. The van der Waals surface area contributed by atoms with Crippen molar-refractivity contribution in [2.24, 2.45) is 23.2 Å². The molecule has 0 aromatic rings. The molecule has 1 aliphatic rings. The summed E-state index contributed by atoms with van der Waals surface area (Å²) in [6.45, 7) is 16.4. The molecular weight excluding hydrogens is 296 g/mol. The van der Waals surface area contributed by atoms with Crippen LogP contribution in [0.4, 0.5) is 0 Å². The highest BCUT2D eigenvalue weighted by molar-refractivity contribution is 5.79. The third kappa shape index (κ3) is 9.39. The molecule has 0 radical (unpaired) electrons. The summed E-state index contributed by atoms with van der Waals surface area (Å²) >= 11 is 0. The minimum atomic E-state index is 0.240. The molecule has 1 saturated carbocycles. The van der Waals surface area contributed by atoms with Crippen LogP contribution in [0.1, 0.15) is 93.9 Å². The van der Waals surface area contributed by atoms with Crippen molar-refractivity contribution in [3.8, 4) is 0 Å². The van der Waals surface area contributed by atoms with E-state index in [-0.39, 0.29) is 5.41 Å². The molecule has 140 valence electrons. The lowest BCUT2D eigenvalue weighted by molar-refractivity contribution is -0.128. The molecule has 1 rings (SSSR count). The summed E-state index contributed by atoms with van der Waals surface area (Å²) in [7, 11) is 0. The maximum atomic E-state index is 11.4. The lowest BCUT2D eigenvalue weighted by Crippen LogP contribution is -2.38. The topological polar surface area (TPSA) is 34.1 Å². The highest BCUT2D eigenvalue weighted by atomic mass is 16.1. The van der Waals surface area contributed by atoms with Gasteiger partial charge in [0.1, 0.15) is 11.6 Å². The summed E-state index contributed by atoms with van der Waals surface area (Å²) in [4.78, 5) is 22.2. The number of hydrogen-bond acceptors (Lipinski definition) is 2. The Morgan fingerprint density at radius 2 is 1.75 bits per heavy atom. The van der Waals surface area contributed by atoms with Gasteiger partial charge < -0.3 is 4.79 Å². The van der Waals surface area contributed by atoms with Crippen LogP contribution in [0.2, 0.25) is 0 Å². The highest BCUT2D eigenvalue weighted by Gasteiger charge is 2.39. The van der Waals surface area contributed by atoms with Gasteiger partial charge in [-0.05, 0) is 70.6 Å². The summed E-state index contributed by atoms with van der Waals surface area (Å²) in [6, 6.07) is 0. The Kier molecular flexibility index (Phi) is 10.4. The monoisotopic (exact) mass is 336 g/mol. The number of carbonyl (C=O) groups excluding carboxylic acids is 2. The largest absolute Gasteiger partial charge is 0.300 e. The van der Waals surface area contributed by atoms with E-state index in [9.17, 15) is 9.59 Å². The number of Topliss-reactive ketones (excluding diaryl/α,β-unsaturated/α-hetero) is 2. The van der Waals surface area contributed by atoms with Gasteiger partial charge in [-0.25, -0.2) is 0 Å². The molecule has 0 saturated heterocycles. The van der Waals surface area contributed by atoms with E-state index in [4.69, 9.17) is 0 Å². The van der Waals surface area contributed by atoms with Gasteiger partial charge in [0, 0.05) is 12.3 Å². The molecule has 0 bridgehead atoms. The van der Waals surface area contributed by atoms with Crippen LogP contribution in [0.3, 0.4) is 0 Å². The first kappa shape index (κ1) is 23.1. The Balaban J connectivity index is 0.000000441. The SMILES string of the molecule is CC(=O)C1C(C)CCCC1(C)C.CC(=O)CC(C)CCC=C(C)C. The van der Waals surface area contributed by atoms with Crippen molar-refractivity contribution in [2.45, 2.75) is 93.9 Å². The number of allylic oxidation sites excluding steroid dienone is 2. The molecule has 0 spiro atoms. The van der Waals surface area contributed by atoms with Crippen LogP contribution in [0.15, 0.2) is 11.6 Å². The molecule has 1 aliphatic carbocycles. The minimum absolute atomic E-state index is 0.240. The Labute approximate surface area is 150 Å². The van der Waals surface area contributed by atoms with Gasteiger partial charge in [-0.1, -0.05) is 45.8 Å². The van der Waals surface area contributed by atoms with Crippen LogP contribution in [-0.4, -0.2) is 11.6 Å². The standard InChI is InChI=1S/2C11H20O/c1-8-6-5-7-11(3,4)10(8)9(2)12;1-9(2)6-5-7-10(3)8-11(4)12/h8,10H,5-7H2,1-4H3;6,10H,5,7-8H2,1-4H3. The average Bonchev–Trinajstić information content (AvgIpc) is 2.35. The van der Waals surface area contributed by atoms with E-state index < -0.39 is 0 Å². The molecule has 3 atom stereocenters. The lowest BCUT2D eigenvalue weighted by Gasteiger charge is -2.41. The quantitative estimate of drug-likeness (QED) is 0.527. The van der Waals surface area contributed by atoms with E-state index in [1.54, 1.807) is 13.8 Å². The molecule has 0 heterocycles. The fourth-order valence-electron chi connectivity index (χ4n) is 4.17. The van der Waals surface area contributed by atoms with Gasteiger partial charge in [0.15, 0.2) is 0 Å². The molecule has 0 aromatic heterocycles. The molecule has 24 heavy (non-hydrogen) atoms. The van der Waals surface area contributed by atoms with Crippen LogP contribution in [0.5, 0.6) is 0 Å². The summed E-state index contributed by atoms with van der Waals surface area (Å²) in [6.07, 6.45) is 8.93. The number of hydrogen-bond donors (Lipinski definition) is 0. The fraction of sp³-hybridized carbons (Fsp3) is 0.818. The molecule has 0 aromatic carbocycles. The Bertz CT molecular complexity index is 427. The second-order valence-electron chi connectivity index (χ2n) is 8.82. The minimum Gasteiger partial charge on any atom is -0.300 e. The Morgan fingerprint density at radius 3 is 2.12 bits per heavy atom. The second-order valence-corrected chi connectivity index (χ2v) is 8.82. The van der Waals surface area contributed by atoms with Crippen molar-refractivity contribution < 1.29 is 9.59 Å². The van der Waals surface area contributed by atoms with Crippen LogP contribution >= 0.6 is 0 Å². The Hall–Kier alpha value is -0.920. The molecule has 0 aliphatic heterocycles. The lowest BCUT2D eigenvalue weighted by atomic mass is 9.63. The molecule has 0 N–H and O–H groups in total. The van der Waals surface area contributed by atoms with Crippen LogP contribution in [0, 0.1) is 23.2 Å². The van der Waals surface area contributed by atoms with Crippen molar-refractivity contribution in [2.75, 3.05) is 0 Å². The van der Waals surface area contributed by atoms with E-state index in [1.165, 1.54) is 24.8 Å². The average molecular weight is 337 g/mol. The van der Waals surface area contributed by atoms with Gasteiger partial charge in [-0.3, -0.25) is 4.79 Å². The highest BCUT2D eigenvalue weighted by Crippen LogP contribution is 2.44. The van der Waals surface area contributed by atoms with Crippen LogP contribution in [-0.2, 0) is 9.59 Å². The summed E-state index contributed by atoms with van der Waals surface area (Å²) in [5.74, 6) is 2.11. The summed E-state index contributed by atoms with van der Waals surface area (Å²) in [5, 5.41) is 0. The van der Waals surface area contributed by atoms with Gasteiger partial charge in [0.05, 0.1) is 0 Å². The molecule has 2 nitrogen and oxygen atoms in total. The van der Waals surface area contributed by atoms with Crippen LogP contribution < -0.4 is 0 Å². The first-order valence-electron chi connectivity index (χ1n) is 9.60. The first-order chi connectivity index (χ1) is 11.0. The normalized spacial score (nSPS) is 23.5. The number of ketones is 2. The smallest absolute Gasteiger partial charge is 0.133 e. The zero-order valence-electron chi connectivity index (χ0n) is 17.4. The maximum absolute atomic E-state index is 11.4. The fourth-order valence-corrected chi connectivity index (χ4v) is 4.17. The molecule has 2 heteroatoms. The van der Waals surface area contributed by atoms with E-state index in [1.807, 2.05) is 0 Å². The predicted octanol–water partition coefficient (Wildman–Crippen LogP) is 6.39. The van der Waals surface area contributed by atoms with Crippen LogP contribution in [0.25, 0.3) is 0 Å². The van der Waals surface area contributed by atoms with E-state index in [2.05, 4.69) is 47.6 Å². The number of carbonyl (C=O) groups is 2. The molecular formula is C22H40O2. The Morgan fingerprint density at radius 1 is 1.17 bits per heavy atom. The van der Waals surface area contributed by atoms with E-state index in [0.29, 0.717) is 29.3 Å². The van der Waals surface area contributed by atoms with Gasteiger partial charge in [-0.15, -0.1) is 0 Å². The van der Waals surface area contributed by atoms with Crippen molar-refractivity contribution in [3.05, 3.63) is 11.6 Å². The third-order valence-corrected chi connectivity index (χ3v) is 5.18. The van der Waals surface area contributed by atoms with Crippen molar-refractivity contribution in [1.29, 1.82) is 0 Å². The maximum Gasteiger partial charge on any atom is 0.133 e.